The van der Waals surface area contributed by atoms with Crippen LogP contribution in [0.1, 0.15) is 20.3 Å². The summed E-state index contributed by atoms with van der Waals surface area (Å²) in [5, 5.41) is 12.8. The Balaban J connectivity index is 2.38. The Bertz CT molecular complexity index is 189. The second-order valence-corrected chi connectivity index (χ2v) is 4.22. The lowest BCUT2D eigenvalue weighted by Crippen LogP contribution is -2.50. The van der Waals surface area contributed by atoms with Crippen LogP contribution in [0.3, 0.4) is 0 Å². The molecule has 0 unspecified atom stereocenters. The molecule has 14 heavy (non-hydrogen) atoms. The van der Waals surface area contributed by atoms with Crippen molar-refractivity contribution in [3.63, 3.8) is 0 Å². The summed E-state index contributed by atoms with van der Waals surface area (Å²) in [6.07, 6.45) is -0.254. The Morgan fingerprint density at radius 2 is 2.00 bits per heavy atom. The average molecular weight is 200 g/mol. The maximum Gasteiger partial charge on any atom is 0.251 e. The Kier molecular flexibility index (Phi) is 4.35. The van der Waals surface area contributed by atoms with Crippen LogP contribution in [0.4, 0.5) is 0 Å². The van der Waals surface area contributed by atoms with Crippen LogP contribution in [0.25, 0.3) is 0 Å². The van der Waals surface area contributed by atoms with E-state index in [2.05, 4.69) is 5.32 Å². The summed E-state index contributed by atoms with van der Waals surface area (Å²) >= 11 is 0. The highest BCUT2D eigenvalue weighted by atomic mass is 16.3. The fraction of sp³-hybridized carbons (Fsp3) is 0.900. The molecule has 1 amide bonds. The summed E-state index contributed by atoms with van der Waals surface area (Å²) in [6.45, 7) is 7.12. The van der Waals surface area contributed by atoms with E-state index >= 15 is 0 Å². The van der Waals surface area contributed by atoms with Crippen LogP contribution < -0.4 is 5.32 Å². The molecule has 4 heteroatoms. The highest BCUT2D eigenvalue weighted by molar-refractivity contribution is 5.80. The molecule has 0 saturated carbocycles. The fourth-order valence-corrected chi connectivity index (χ4v) is 1.64. The number of hydrogen-bond acceptors (Lipinski definition) is 3. The van der Waals surface area contributed by atoms with Crippen molar-refractivity contribution in [3.8, 4) is 0 Å². The standard InChI is InChI=1S/C10H20N2O2/c1-8(2)7-9(13)10(14)12-5-3-11-4-6-12/h8-9,11,13H,3-7H2,1-2H3/t9-/m1/s1. The zero-order valence-electron chi connectivity index (χ0n) is 8.99. The van der Waals surface area contributed by atoms with E-state index in [0.29, 0.717) is 25.4 Å². The van der Waals surface area contributed by atoms with Crippen molar-refractivity contribution >= 4 is 5.91 Å². The van der Waals surface area contributed by atoms with Gasteiger partial charge < -0.3 is 15.3 Å². The van der Waals surface area contributed by atoms with Crippen LogP contribution in [0.2, 0.25) is 0 Å². The summed E-state index contributed by atoms with van der Waals surface area (Å²) in [4.78, 5) is 13.4. The van der Waals surface area contributed by atoms with E-state index in [-0.39, 0.29) is 5.91 Å². The molecule has 0 radical (unpaired) electrons. The summed E-state index contributed by atoms with van der Waals surface area (Å²) < 4.78 is 0. The maximum absolute atomic E-state index is 11.7. The molecule has 0 aromatic rings. The van der Waals surface area contributed by atoms with Gasteiger partial charge in [0.15, 0.2) is 0 Å². The first-order chi connectivity index (χ1) is 6.61. The molecule has 1 atom stereocenters. The second kappa shape index (κ2) is 5.32. The molecule has 1 fully saturated rings. The maximum atomic E-state index is 11.7. The minimum atomic E-state index is -0.812. The van der Waals surface area contributed by atoms with Gasteiger partial charge >= 0.3 is 0 Å². The van der Waals surface area contributed by atoms with Crippen molar-refractivity contribution in [2.75, 3.05) is 26.2 Å². The smallest absolute Gasteiger partial charge is 0.251 e. The van der Waals surface area contributed by atoms with E-state index in [1.165, 1.54) is 0 Å². The van der Waals surface area contributed by atoms with Gasteiger partial charge in [0.25, 0.3) is 5.91 Å². The predicted octanol–water partition coefficient (Wildman–Crippen LogP) is -0.175. The van der Waals surface area contributed by atoms with Gasteiger partial charge in [-0.2, -0.15) is 0 Å². The average Bonchev–Trinajstić information content (AvgIpc) is 2.17. The third kappa shape index (κ3) is 3.27. The molecule has 0 bridgehead atoms. The van der Waals surface area contributed by atoms with E-state index < -0.39 is 6.10 Å². The van der Waals surface area contributed by atoms with Gasteiger partial charge in [0.05, 0.1) is 0 Å². The molecule has 2 N–H and O–H groups in total. The molecule has 4 nitrogen and oxygen atoms in total. The molecule has 0 aromatic heterocycles. The van der Waals surface area contributed by atoms with Crippen LogP contribution in [0, 0.1) is 5.92 Å². The quantitative estimate of drug-likeness (QED) is 0.665. The number of hydrogen-bond donors (Lipinski definition) is 2. The van der Waals surface area contributed by atoms with Crippen LogP contribution in [0.5, 0.6) is 0 Å². The molecule has 0 aromatic carbocycles. The molecule has 1 rings (SSSR count). The van der Waals surface area contributed by atoms with E-state index in [1.807, 2.05) is 13.8 Å². The van der Waals surface area contributed by atoms with Gasteiger partial charge in [-0.3, -0.25) is 4.79 Å². The van der Waals surface area contributed by atoms with Crippen molar-refractivity contribution in [1.29, 1.82) is 0 Å². The van der Waals surface area contributed by atoms with Crippen LogP contribution in [-0.2, 0) is 4.79 Å². The highest BCUT2D eigenvalue weighted by Gasteiger charge is 2.23. The van der Waals surface area contributed by atoms with Crippen molar-refractivity contribution in [3.05, 3.63) is 0 Å². The lowest BCUT2D eigenvalue weighted by molar-refractivity contribution is -0.141. The van der Waals surface area contributed by atoms with Gasteiger partial charge in [0.1, 0.15) is 6.10 Å². The number of aliphatic hydroxyl groups is 1. The van der Waals surface area contributed by atoms with Gasteiger partial charge in [0, 0.05) is 26.2 Å². The number of amides is 1. The molecule has 1 aliphatic rings. The normalized spacial score (nSPS) is 19.9. The monoisotopic (exact) mass is 200 g/mol. The van der Waals surface area contributed by atoms with Crippen LogP contribution in [-0.4, -0.2) is 48.2 Å². The summed E-state index contributed by atoms with van der Waals surface area (Å²) in [6, 6.07) is 0. The van der Waals surface area contributed by atoms with Crippen LogP contribution >= 0.6 is 0 Å². The Morgan fingerprint density at radius 3 is 2.50 bits per heavy atom. The minimum absolute atomic E-state index is 0.111. The van der Waals surface area contributed by atoms with Crippen LogP contribution in [0.15, 0.2) is 0 Å². The van der Waals surface area contributed by atoms with E-state index in [0.717, 1.165) is 13.1 Å². The van der Waals surface area contributed by atoms with Crippen molar-refractivity contribution in [2.45, 2.75) is 26.4 Å². The SMILES string of the molecule is CC(C)C[C@@H](O)C(=O)N1CCNCC1. The number of aliphatic hydroxyl groups excluding tert-OH is 1. The third-order valence-corrected chi connectivity index (χ3v) is 2.41. The lowest BCUT2D eigenvalue weighted by Gasteiger charge is -2.29. The van der Waals surface area contributed by atoms with E-state index in [9.17, 15) is 9.90 Å². The van der Waals surface area contributed by atoms with Gasteiger partial charge in [-0.1, -0.05) is 13.8 Å². The zero-order chi connectivity index (χ0) is 10.6. The first-order valence-electron chi connectivity index (χ1n) is 5.29. The van der Waals surface area contributed by atoms with E-state index in [4.69, 9.17) is 0 Å². The third-order valence-electron chi connectivity index (χ3n) is 2.41. The summed E-state index contributed by atoms with van der Waals surface area (Å²) in [7, 11) is 0. The number of carbonyl (C=O) groups is 1. The topological polar surface area (TPSA) is 52.6 Å². The van der Waals surface area contributed by atoms with Crippen molar-refractivity contribution < 1.29 is 9.90 Å². The van der Waals surface area contributed by atoms with Crippen molar-refractivity contribution in [2.24, 2.45) is 5.92 Å². The minimum Gasteiger partial charge on any atom is -0.383 e. The molecule has 1 aliphatic heterocycles. The summed E-state index contributed by atoms with van der Waals surface area (Å²) in [5.41, 5.74) is 0. The molecule has 82 valence electrons. The molecular formula is C10H20N2O2. The Labute approximate surface area is 85.3 Å². The molecular weight excluding hydrogens is 180 g/mol. The number of rotatable bonds is 3. The first-order valence-corrected chi connectivity index (χ1v) is 5.29. The molecule has 1 heterocycles. The lowest BCUT2D eigenvalue weighted by atomic mass is 10.0. The number of piperazine rings is 1. The number of carbonyl (C=O) groups excluding carboxylic acids is 1. The van der Waals surface area contributed by atoms with Gasteiger partial charge in [-0.05, 0) is 12.3 Å². The zero-order valence-corrected chi connectivity index (χ0v) is 8.99. The predicted molar refractivity (Wildman–Crippen MR) is 54.9 cm³/mol. The Morgan fingerprint density at radius 1 is 1.43 bits per heavy atom. The van der Waals surface area contributed by atoms with Crippen molar-refractivity contribution in [1.82, 2.24) is 10.2 Å². The first kappa shape index (κ1) is 11.5. The summed E-state index contributed by atoms with van der Waals surface area (Å²) in [5.74, 6) is 0.247. The van der Waals surface area contributed by atoms with Gasteiger partial charge in [-0.25, -0.2) is 0 Å². The van der Waals surface area contributed by atoms with Gasteiger partial charge in [-0.15, -0.1) is 0 Å². The Hall–Kier alpha value is -0.610. The molecule has 0 aliphatic carbocycles. The van der Waals surface area contributed by atoms with E-state index in [1.54, 1.807) is 4.90 Å². The molecule has 1 saturated heterocycles. The molecule has 0 spiro atoms. The van der Waals surface area contributed by atoms with Gasteiger partial charge in [0.2, 0.25) is 0 Å². The fourth-order valence-electron chi connectivity index (χ4n) is 1.64. The number of nitrogens with one attached hydrogen (secondary N) is 1. The highest BCUT2D eigenvalue weighted by Crippen LogP contribution is 2.08. The number of nitrogens with zero attached hydrogens (tertiary/aromatic N) is 1. The second-order valence-electron chi connectivity index (χ2n) is 4.22. The largest absolute Gasteiger partial charge is 0.383 e.